The van der Waals surface area contributed by atoms with Gasteiger partial charge in [0.15, 0.2) is 5.54 Å². The first-order chi connectivity index (χ1) is 8.31. The van der Waals surface area contributed by atoms with Crippen LogP contribution in [-0.2, 0) is 16.5 Å². The predicted molar refractivity (Wildman–Crippen MR) is 61.8 cm³/mol. The molecule has 0 spiro atoms. The largest absolute Gasteiger partial charge is 0.427 e. The molecular formula is C8H8ClF3N4O2S. The third-order valence-electron chi connectivity index (χ3n) is 2.48. The van der Waals surface area contributed by atoms with Crippen molar-refractivity contribution >= 4 is 35.7 Å². The Morgan fingerprint density at radius 1 is 1.42 bits per heavy atom. The Morgan fingerprint density at radius 2 is 2.05 bits per heavy atom. The van der Waals surface area contributed by atoms with E-state index in [2.05, 4.69) is 10.3 Å². The summed E-state index contributed by atoms with van der Waals surface area (Å²) in [7, 11) is 0. The summed E-state index contributed by atoms with van der Waals surface area (Å²) in [6.45, 7) is -0.516. The van der Waals surface area contributed by atoms with Crippen molar-refractivity contribution in [2.75, 3.05) is 6.54 Å². The molecule has 1 atom stereocenters. The van der Waals surface area contributed by atoms with Crippen LogP contribution in [0.5, 0.6) is 0 Å². The fraction of sp³-hybridized carbons (Fsp3) is 0.375. The number of nitrogens with zero attached hydrogens (tertiary/aromatic N) is 1. The third kappa shape index (κ3) is 2.38. The molecule has 1 aromatic heterocycles. The fourth-order valence-electron chi connectivity index (χ4n) is 1.65. The number of nitrogens with two attached hydrogens (primary N) is 1. The second kappa shape index (κ2) is 4.94. The lowest BCUT2D eigenvalue weighted by atomic mass is 9.94. The van der Waals surface area contributed by atoms with Gasteiger partial charge in [-0.2, -0.15) is 13.2 Å². The van der Waals surface area contributed by atoms with Crippen LogP contribution in [0.3, 0.4) is 0 Å². The van der Waals surface area contributed by atoms with Crippen LogP contribution in [0.4, 0.5) is 18.0 Å². The van der Waals surface area contributed by atoms with Crippen LogP contribution in [0.25, 0.3) is 0 Å². The van der Waals surface area contributed by atoms with Gasteiger partial charge in [-0.1, -0.05) is 0 Å². The fourth-order valence-corrected chi connectivity index (χ4v) is 2.39. The standard InChI is InChI=1S/C8H7F3N4O2S.ClH/c9-8(10,11)4-3(13-2-18-4)7(1-12)5(16)14-6(17)15-7;/h2H,1,12H2,(H2,14,15,16,17);1H/t7-;/m1./s1. The summed E-state index contributed by atoms with van der Waals surface area (Å²) < 4.78 is 38.3. The van der Waals surface area contributed by atoms with E-state index >= 15 is 0 Å². The molecule has 1 aliphatic rings. The van der Waals surface area contributed by atoms with Crippen LogP contribution < -0.4 is 16.4 Å². The number of hydrogen-bond donors (Lipinski definition) is 3. The SMILES string of the molecule is Cl.NC[C@]1(c2ncsc2C(F)(F)F)NC(=O)NC1=O. The maximum atomic E-state index is 12.8. The highest BCUT2D eigenvalue weighted by molar-refractivity contribution is 7.09. The average molecular weight is 317 g/mol. The van der Waals surface area contributed by atoms with Crippen LogP contribution >= 0.6 is 23.7 Å². The van der Waals surface area contributed by atoms with Gasteiger partial charge in [-0.3, -0.25) is 10.1 Å². The third-order valence-corrected chi connectivity index (χ3v) is 3.35. The van der Waals surface area contributed by atoms with E-state index in [1.165, 1.54) is 0 Å². The number of nitrogens with one attached hydrogen (secondary N) is 2. The molecule has 0 bridgehead atoms. The number of aromatic nitrogens is 1. The van der Waals surface area contributed by atoms with Crippen molar-refractivity contribution < 1.29 is 22.8 Å². The minimum absolute atomic E-state index is 0. The van der Waals surface area contributed by atoms with E-state index in [4.69, 9.17) is 5.73 Å². The molecule has 19 heavy (non-hydrogen) atoms. The Bertz CT molecular complexity index is 520. The van der Waals surface area contributed by atoms with Crippen molar-refractivity contribution in [3.63, 3.8) is 0 Å². The Balaban J connectivity index is 0.00000180. The van der Waals surface area contributed by atoms with E-state index in [1.54, 1.807) is 0 Å². The van der Waals surface area contributed by atoms with E-state index < -0.39 is 40.8 Å². The molecule has 0 aromatic carbocycles. The molecule has 11 heteroatoms. The molecule has 1 aliphatic heterocycles. The van der Waals surface area contributed by atoms with Gasteiger partial charge in [-0.05, 0) is 0 Å². The van der Waals surface area contributed by atoms with Gasteiger partial charge in [-0.25, -0.2) is 9.78 Å². The molecule has 1 fully saturated rings. The number of amides is 3. The molecule has 2 rings (SSSR count). The highest BCUT2D eigenvalue weighted by atomic mass is 35.5. The molecule has 106 valence electrons. The summed E-state index contributed by atoms with van der Waals surface area (Å²) in [5, 5.41) is 3.96. The first-order valence-electron chi connectivity index (χ1n) is 4.66. The normalized spacial score (nSPS) is 22.7. The minimum atomic E-state index is -4.66. The van der Waals surface area contributed by atoms with E-state index in [-0.39, 0.29) is 12.4 Å². The molecule has 1 aromatic rings. The molecule has 4 N–H and O–H groups in total. The molecule has 0 unspecified atom stereocenters. The zero-order valence-electron chi connectivity index (χ0n) is 9.08. The molecular weight excluding hydrogens is 309 g/mol. The van der Waals surface area contributed by atoms with Crippen LogP contribution in [0.2, 0.25) is 0 Å². The van der Waals surface area contributed by atoms with Crippen LogP contribution in [0.15, 0.2) is 5.51 Å². The van der Waals surface area contributed by atoms with Crippen molar-refractivity contribution in [3.05, 3.63) is 16.1 Å². The molecule has 0 saturated carbocycles. The van der Waals surface area contributed by atoms with Gasteiger partial charge in [-0.15, -0.1) is 23.7 Å². The van der Waals surface area contributed by atoms with Crippen LogP contribution in [0, 0.1) is 0 Å². The summed E-state index contributed by atoms with van der Waals surface area (Å²) in [6, 6.07) is -0.897. The number of imide groups is 1. The van der Waals surface area contributed by atoms with Crippen LogP contribution in [0.1, 0.15) is 10.6 Å². The number of urea groups is 1. The Morgan fingerprint density at radius 3 is 2.47 bits per heavy atom. The highest BCUT2D eigenvalue weighted by Crippen LogP contribution is 2.39. The van der Waals surface area contributed by atoms with Crippen molar-refractivity contribution in [2.45, 2.75) is 11.7 Å². The summed E-state index contributed by atoms with van der Waals surface area (Å²) in [5.74, 6) is -0.939. The van der Waals surface area contributed by atoms with Crippen molar-refractivity contribution in [3.8, 4) is 0 Å². The monoisotopic (exact) mass is 316 g/mol. The Labute approximate surface area is 115 Å². The molecule has 0 aliphatic carbocycles. The van der Waals surface area contributed by atoms with Gasteiger partial charge >= 0.3 is 12.2 Å². The van der Waals surface area contributed by atoms with Gasteiger partial charge in [0, 0.05) is 6.54 Å². The average Bonchev–Trinajstić information content (AvgIpc) is 2.82. The van der Waals surface area contributed by atoms with Gasteiger partial charge < -0.3 is 11.1 Å². The van der Waals surface area contributed by atoms with Gasteiger partial charge in [0.1, 0.15) is 10.6 Å². The quantitative estimate of drug-likeness (QED) is 0.695. The lowest BCUT2D eigenvalue weighted by Gasteiger charge is -2.23. The zero-order valence-corrected chi connectivity index (χ0v) is 10.7. The number of hydrogen-bond acceptors (Lipinski definition) is 5. The maximum absolute atomic E-state index is 12.8. The molecule has 2 heterocycles. The predicted octanol–water partition coefficient (Wildman–Crippen LogP) is 0.577. The maximum Gasteiger partial charge on any atom is 0.427 e. The lowest BCUT2D eigenvalue weighted by molar-refractivity contribution is -0.136. The molecule has 3 amide bonds. The number of halogens is 4. The number of alkyl halides is 3. The van der Waals surface area contributed by atoms with E-state index in [1.807, 2.05) is 5.32 Å². The van der Waals surface area contributed by atoms with E-state index in [0.717, 1.165) is 5.51 Å². The second-order valence-corrected chi connectivity index (χ2v) is 4.40. The number of carbonyl (C=O) groups is 2. The molecule has 6 nitrogen and oxygen atoms in total. The van der Waals surface area contributed by atoms with E-state index in [0.29, 0.717) is 11.3 Å². The summed E-state index contributed by atoms with van der Waals surface area (Å²) in [4.78, 5) is 25.2. The first kappa shape index (κ1) is 15.7. The van der Waals surface area contributed by atoms with Crippen LogP contribution in [-0.4, -0.2) is 23.5 Å². The summed E-state index contributed by atoms with van der Waals surface area (Å²) in [6.07, 6.45) is -4.66. The van der Waals surface area contributed by atoms with Gasteiger partial charge in [0.05, 0.1) is 5.51 Å². The van der Waals surface area contributed by atoms with Crippen molar-refractivity contribution in [1.82, 2.24) is 15.6 Å². The summed E-state index contributed by atoms with van der Waals surface area (Å²) >= 11 is 0.338. The lowest BCUT2D eigenvalue weighted by Crippen LogP contribution is -2.51. The number of thiazole rings is 1. The Hall–Kier alpha value is -1.39. The van der Waals surface area contributed by atoms with Gasteiger partial charge in [0.25, 0.3) is 5.91 Å². The topological polar surface area (TPSA) is 97.1 Å². The summed E-state index contributed by atoms with van der Waals surface area (Å²) in [5.41, 5.74) is 3.76. The minimum Gasteiger partial charge on any atom is -0.327 e. The van der Waals surface area contributed by atoms with Crippen molar-refractivity contribution in [2.24, 2.45) is 5.73 Å². The number of carbonyl (C=O) groups excluding carboxylic acids is 2. The van der Waals surface area contributed by atoms with Gasteiger partial charge in [0.2, 0.25) is 0 Å². The molecule has 0 radical (unpaired) electrons. The smallest absolute Gasteiger partial charge is 0.327 e. The highest BCUT2D eigenvalue weighted by Gasteiger charge is 2.53. The van der Waals surface area contributed by atoms with E-state index in [9.17, 15) is 22.8 Å². The first-order valence-corrected chi connectivity index (χ1v) is 5.54. The van der Waals surface area contributed by atoms with Crippen molar-refractivity contribution in [1.29, 1.82) is 0 Å². The number of rotatable bonds is 2. The Kier molecular flexibility index (Phi) is 4.08. The second-order valence-electron chi connectivity index (χ2n) is 3.55. The molecule has 1 saturated heterocycles. The zero-order chi connectivity index (χ0) is 13.6.